The lowest BCUT2D eigenvalue weighted by Crippen LogP contribution is -2.40. The molecule has 1 aromatic carbocycles. The summed E-state index contributed by atoms with van der Waals surface area (Å²) < 4.78 is 12.3. The minimum Gasteiger partial charge on any atom is -0.497 e. The van der Waals surface area contributed by atoms with Gasteiger partial charge in [0.05, 0.1) is 14.2 Å². The minimum absolute atomic E-state index is 0.349. The molecule has 0 spiro atoms. The number of aromatic nitrogens is 3. The molecule has 0 saturated carbocycles. The van der Waals surface area contributed by atoms with E-state index >= 15 is 0 Å². The molecule has 0 atom stereocenters. The number of rotatable bonds is 8. The summed E-state index contributed by atoms with van der Waals surface area (Å²) >= 11 is 0. The largest absolute Gasteiger partial charge is 0.497 e. The monoisotopic (exact) mass is 409 g/mol. The molecule has 2 aromatic heterocycles. The smallest absolute Gasteiger partial charge is 0.177 e. The molecular weight excluding hydrogens is 382 g/mol. The molecule has 158 valence electrons. The molecule has 2 heterocycles. The van der Waals surface area contributed by atoms with E-state index in [1.165, 1.54) is 0 Å². The van der Waals surface area contributed by atoms with E-state index < -0.39 is 5.54 Å². The van der Waals surface area contributed by atoms with E-state index in [-0.39, 0.29) is 0 Å². The van der Waals surface area contributed by atoms with Crippen LogP contribution in [0.2, 0.25) is 0 Å². The maximum atomic E-state index is 9.83. The molecule has 0 aliphatic rings. The van der Waals surface area contributed by atoms with E-state index in [4.69, 9.17) is 15.2 Å². The van der Waals surface area contributed by atoms with Gasteiger partial charge in [0, 0.05) is 47.7 Å². The highest BCUT2D eigenvalue weighted by Crippen LogP contribution is 2.30. The zero-order chi connectivity index (χ0) is 21.9. The molecule has 3 aromatic rings. The predicted molar refractivity (Wildman–Crippen MR) is 117 cm³/mol. The summed E-state index contributed by atoms with van der Waals surface area (Å²) in [5.74, 6) is 2.36. The van der Waals surface area contributed by atoms with Crippen LogP contribution in [0.5, 0.6) is 11.5 Å². The lowest BCUT2D eigenvalue weighted by Gasteiger charge is -2.20. The highest BCUT2D eigenvalue weighted by Gasteiger charge is 2.19. The molecule has 0 bridgehead atoms. The van der Waals surface area contributed by atoms with Crippen LogP contribution in [0, 0.1) is 11.3 Å². The first-order chi connectivity index (χ1) is 14.3. The summed E-state index contributed by atoms with van der Waals surface area (Å²) in [5, 5.41) is 20.9. The van der Waals surface area contributed by atoms with Crippen LogP contribution in [0.1, 0.15) is 32.0 Å². The van der Waals surface area contributed by atoms with Gasteiger partial charge in [-0.15, -0.1) is 5.10 Å². The second-order valence-corrected chi connectivity index (χ2v) is 7.63. The van der Waals surface area contributed by atoms with Crippen molar-refractivity contribution in [2.75, 3.05) is 31.4 Å². The third kappa shape index (κ3) is 4.55. The molecule has 0 fully saturated rings. The zero-order valence-corrected chi connectivity index (χ0v) is 17.9. The number of aryl methyl sites for hydroxylation is 1. The fourth-order valence-electron chi connectivity index (χ4n) is 2.90. The molecule has 30 heavy (non-hydrogen) atoms. The van der Waals surface area contributed by atoms with E-state index in [0.29, 0.717) is 40.8 Å². The normalized spacial score (nSPS) is 11.2. The van der Waals surface area contributed by atoms with Crippen LogP contribution in [0.25, 0.3) is 5.65 Å². The average molecular weight is 409 g/mol. The summed E-state index contributed by atoms with van der Waals surface area (Å²) in [7, 11) is 3.16. The Bertz CT molecular complexity index is 1070. The van der Waals surface area contributed by atoms with Crippen molar-refractivity contribution < 1.29 is 9.47 Å². The van der Waals surface area contributed by atoms with Gasteiger partial charge in [0.2, 0.25) is 0 Å². The molecule has 0 radical (unpaired) electrons. The van der Waals surface area contributed by atoms with Crippen molar-refractivity contribution in [3.8, 4) is 17.6 Å². The number of nitriles is 1. The quantitative estimate of drug-likeness (QED) is 0.519. The van der Waals surface area contributed by atoms with Crippen molar-refractivity contribution in [3.63, 3.8) is 0 Å². The van der Waals surface area contributed by atoms with Crippen LogP contribution < -0.4 is 25.8 Å². The van der Waals surface area contributed by atoms with Crippen LogP contribution in [0.4, 0.5) is 17.3 Å². The minimum atomic E-state index is -0.411. The van der Waals surface area contributed by atoms with Gasteiger partial charge < -0.3 is 25.8 Å². The maximum absolute atomic E-state index is 9.83. The van der Waals surface area contributed by atoms with Gasteiger partial charge in [-0.25, -0.2) is 4.98 Å². The summed E-state index contributed by atoms with van der Waals surface area (Å²) in [6, 6.07) is 9.52. The van der Waals surface area contributed by atoms with Crippen molar-refractivity contribution in [1.82, 2.24) is 14.6 Å². The number of hydrogen-bond acceptors (Lipinski definition) is 8. The Kier molecular flexibility index (Phi) is 5.99. The number of nitrogens with two attached hydrogens (primary N) is 1. The Morgan fingerprint density at radius 3 is 2.37 bits per heavy atom. The van der Waals surface area contributed by atoms with Crippen LogP contribution in [0.15, 0.2) is 24.3 Å². The SMILES string of the molecule is CCc1cc(NCC(C)(C)N)n2nc(Nc3cc(OC)cc(OC)c3)c(C#N)c2n1. The first-order valence-corrected chi connectivity index (χ1v) is 9.63. The molecule has 9 nitrogen and oxygen atoms in total. The number of ether oxygens (including phenoxy) is 2. The summed E-state index contributed by atoms with van der Waals surface area (Å²) in [5.41, 5.74) is 8.07. The lowest BCUT2D eigenvalue weighted by molar-refractivity contribution is 0.395. The van der Waals surface area contributed by atoms with E-state index in [1.54, 1.807) is 36.9 Å². The third-order valence-corrected chi connectivity index (χ3v) is 4.46. The highest BCUT2D eigenvalue weighted by atomic mass is 16.5. The first kappa shape index (κ1) is 21.2. The number of nitrogens with zero attached hydrogens (tertiary/aromatic N) is 4. The number of anilines is 3. The molecule has 0 saturated heterocycles. The Hall–Kier alpha value is -3.51. The van der Waals surface area contributed by atoms with Crippen molar-refractivity contribution in [1.29, 1.82) is 5.26 Å². The standard InChI is InChI=1S/C21H27N7O2/c1-6-13-9-18(24-12-21(2,3)23)28-20(26-13)17(11-22)19(27-28)25-14-7-15(29-4)10-16(8-14)30-5/h7-10,24H,6,12,23H2,1-5H3,(H,25,27). The summed E-state index contributed by atoms with van der Waals surface area (Å²) in [6.45, 7) is 6.42. The number of hydrogen-bond donors (Lipinski definition) is 3. The van der Waals surface area contributed by atoms with Crippen molar-refractivity contribution >= 4 is 23.0 Å². The van der Waals surface area contributed by atoms with Crippen LogP contribution in [-0.2, 0) is 6.42 Å². The number of nitrogens with one attached hydrogen (secondary N) is 2. The van der Waals surface area contributed by atoms with E-state index in [0.717, 1.165) is 17.9 Å². The van der Waals surface area contributed by atoms with Gasteiger partial charge in [-0.3, -0.25) is 0 Å². The van der Waals surface area contributed by atoms with Crippen LogP contribution >= 0.6 is 0 Å². The fraction of sp³-hybridized carbons (Fsp3) is 0.381. The molecule has 9 heteroatoms. The van der Waals surface area contributed by atoms with Gasteiger partial charge >= 0.3 is 0 Å². The van der Waals surface area contributed by atoms with E-state index in [2.05, 4.69) is 26.8 Å². The molecule has 0 aliphatic carbocycles. The van der Waals surface area contributed by atoms with Crippen LogP contribution in [-0.4, -0.2) is 40.9 Å². The Morgan fingerprint density at radius 1 is 1.17 bits per heavy atom. The van der Waals surface area contributed by atoms with Gasteiger partial charge in [-0.05, 0) is 20.3 Å². The summed E-state index contributed by atoms with van der Waals surface area (Å²) in [4.78, 5) is 4.62. The average Bonchev–Trinajstić information content (AvgIpc) is 3.07. The van der Waals surface area contributed by atoms with Gasteiger partial charge in [-0.1, -0.05) is 6.92 Å². The Morgan fingerprint density at radius 2 is 1.83 bits per heavy atom. The van der Waals surface area contributed by atoms with Gasteiger partial charge in [0.15, 0.2) is 11.5 Å². The number of benzene rings is 1. The molecule has 3 rings (SSSR count). The van der Waals surface area contributed by atoms with Gasteiger partial charge in [0.1, 0.15) is 28.9 Å². The topological polar surface area (TPSA) is 123 Å². The zero-order valence-electron chi connectivity index (χ0n) is 17.9. The van der Waals surface area contributed by atoms with Gasteiger partial charge in [-0.2, -0.15) is 9.78 Å². The van der Waals surface area contributed by atoms with Crippen molar-refractivity contribution in [3.05, 3.63) is 35.5 Å². The first-order valence-electron chi connectivity index (χ1n) is 9.63. The van der Waals surface area contributed by atoms with E-state index in [9.17, 15) is 5.26 Å². The van der Waals surface area contributed by atoms with Gasteiger partial charge in [0.25, 0.3) is 0 Å². The molecule has 0 unspecified atom stereocenters. The second-order valence-electron chi connectivity index (χ2n) is 7.63. The lowest BCUT2D eigenvalue weighted by atomic mass is 10.1. The highest BCUT2D eigenvalue weighted by molar-refractivity contribution is 5.74. The molecule has 0 amide bonds. The van der Waals surface area contributed by atoms with Crippen molar-refractivity contribution in [2.45, 2.75) is 32.7 Å². The van der Waals surface area contributed by atoms with Crippen LogP contribution in [0.3, 0.4) is 0 Å². The molecular formula is C21H27N7O2. The predicted octanol–water partition coefficient (Wildman–Crippen LogP) is 3.07. The second kappa shape index (κ2) is 8.47. The maximum Gasteiger partial charge on any atom is 0.177 e. The molecule has 0 aliphatic heterocycles. The molecule has 4 N–H and O–H groups in total. The Labute approximate surface area is 175 Å². The number of fused-ring (bicyclic) bond motifs is 1. The van der Waals surface area contributed by atoms with Crippen molar-refractivity contribution in [2.24, 2.45) is 5.73 Å². The van der Waals surface area contributed by atoms with E-state index in [1.807, 2.05) is 26.8 Å². The summed E-state index contributed by atoms with van der Waals surface area (Å²) in [6.07, 6.45) is 0.725. The Balaban J connectivity index is 2.09. The fourth-order valence-corrected chi connectivity index (χ4v) is 2.90. The number of methoxy groups -OCH3 is 2. The third-order valence-electron chi connectivity index (χ3n) is 4.46.